The van der Waals surface area contributed by atoms with Gasteiger partial charge in [0.05, 0.1) is 28.7 Å². The first-order valence-corrected chi connectivity index (χ1v) is 10.2. The summed E-state index contributed by atoms with van der Waals surface area (Å²) in [6, 6.07) is 6.36. The molecule has 1 aromatic heterocycles. The molecule has 0 aliphatic rings. The third-order valence-corrected chi connectivity index (χ3v) is 5.25. The summed E-state index contributed by atoms with van der Waals surface area (Å²) in [6.45, 7) is 4.14. The minimum atomic E-state index is -4.61. The molecule has 0 radical (unpaired) electrons. The number of rotatable bonds is 5. The molecule has 29 heavy (non-hydrogen) atoms. The van der Waals surface area contributed by atoms with Crippen molar-refractivity contribution in [3.05, 3.63) is 51.8 Å². The van der Waals surface area contributed by atoms with E-state index >= 15 is 0 Å². The van der Waals surface area contributed by atoms with Crippen LogP contribution in [0.25, 0.3) is 11.0 Å². The monoisotopic (exact) mass is 487 g/mol. The number of benzene rings is 2. The summed E-state index contributed by atoms with van der Waals surface area (Å²) in [5.41, 5.74) is 1.38. The lowest BCUT2D eigenvalue weighted by atomic mass is 10.1. The Balaban J connectivity index is 2.23. The van der Waals surface area contributed by atoms with Gasteiger partial charge in [-0.3, -0.25) is 4.99 Å². The number of imidazole rings is 1. The van der Waals surface area contributed by atoms with Crippen molar-refractivity contribution in [3.8, 4) is 5.75 Å². The molecule has 2 aromatic carbocycles. The minimum absolute atomic E-state index is 0.0477. The standard InChI is InChI=1S/C20H18BrClF3N3O/c1-11-8-13(4-5-16(11)29-3)10-26-18-17(22)14(20(23,24)25)9-15-19(18)28(7-6-21)12(2)27-15/h4-5,8-10H,6-7H2,1-3H3. The maximum absolute atomic E-state index is 13.5. The van der Waals surface area contributed by atoms with Crippen molar-refractivity contribution in [1.82, 2.24) is 9.55 Å². The molecular formula is C20H18BrClF3N3O. The van der Waals surface area contributed by atoms with Gasteiger partial charge < -0.3 is 9.30 Å². The molecule has 9 heteroatoms. The van der Waals surface area contributed by atoms with E-state index < -0.39 is 16.8 Å². The van der Waals surface area contributed by atoms with Crippen molar-refractivity contribution < 1.29 is 17.9 Å². The highest BCUT2D eigenvalue weighted by Crippen LogP contribution is 2.44. The van der Waals surface area contributed by atoms with Crippen LogP contribution in [0.5, 0.6) is 5.75 Å². The van der Waals surface area contributed by atoms with Crippen molar-refractivity contribution in [1.29, 1.82) is 0 Å². The molecule has 4 nitrogen and oxygen atoms in total. The second kappa shape index (κ2) is 8.36. The molecular weight excluding hydrogens is 471 g/mol. The predicted molar refractivity (Wildman–Crippen MR) is 113 cm³/mol. The predicted octanol–water partition coefficient (Wildman–Crippen LogP) is 6.48. The Hall–Kier alpha value is -2.06. The van der Waals surface area contributed by atoms with E-state index in [1.807, 2.05) is 17.6 Å². The van der Waals surface area contributed by atoms with Crippen LogP contribution in [-0.2, 0) is 12.7 Å². The summed E-state index contributed by atoms with van der Waals surface area (Å²) in [5, 5.41) is 0.167. The number of fused-ring (bicyclic) bond motifs is 1. The lowest BCUT2D eigenvalue weighted by molar-refractivity contribution is -0.137. The smallest absolute Gasteiger partial charge is 0.418 e. The second-order valence-corrected chi connectivity index (χ2v) is 7.61. The second-order valence-electron chi connectivity index (χ2n) is 6.44. The van der Waals surface area contributed by atoms with Crippen LogP contribution < -0.4 is 4.74 Å². The molecule has 0 aliphatic carbocycles. The Morgan fingerprint density at radius 2 is 2.00 bits per heavy atom. The largest absolute Gasteiger partial charge is 0.496 e. The Kier molecular flexibility index (Phi) is 6.24. The molecule has 0 fully saturated rings. The van der Waals surface area contributed by atoms with E-state index in [9.17, 15) is 13.2 Å². The number of aliphatic imine (C=N–C) groups is 1. The molecule has 0 aliphatic heterocycles. The zero-order valence-corrected chi connectivity index (χ0v) is 18.3. The van der Waals surface area contributed by atoms with E-state index in [2.05, 4.69) is 25.9 Å². The van der Waals surface area contributed by atoms with Gasteiger partial charge in [-0.2, -0.15) is 13.2 Å². The SMILES string of the molecule is COc1ccc(C=Nc2c(Cl)c(C(F)(F)F)cc3nc(C)n(CCBr)c23)cc1C. The zero-order chi connectivity index (χ0) is 21.3. The van der Waals surface area contributed by atoms with Gasteiger partial charge in [0.15, 0.2) is 0 Å². The van der Waals surface area contributed by atoms with E-state index in [1.165, 1.54) is 6.21 Å². The van der Waals surface area contributed by atoms with Crippen LogP contribution in [0.2, 0.25) is 5.02 Å². The Morgan fingerprint density at radius 1 is 1.28 bits per heavy atom. The highest BCUT2D eigenvalue weighted by atomic mass is 79.9. The van der Waals surface area contributed by atoms with Gasteiger partial charge in [-0.1, -0.05) is 27.5 Å². The van der Waals surface area contributed by atoms with Crippen molar-refractivity contribution in [2.24, 2.45) is 4.99 Å². The van der Waals surface area contributed by atoms with Gasteiger partial charge in [0, 0.05) is 18.1 Å². The summed E-state index contributed by atoms with van der Waals surface area (Å²) in [7, 11) is 1.57. The van der Waals surface area contributed by atoms with E-state index in [1.54, 1.807) is 26.2 Å². The number of alkyl halides is 4. The summed E-state index contributed by atoms with van der Waals surface area (Å²) in [5.74, 6) is 1.30. The molecule has 0 saturated carbocycles. The lowest BCUT2D eigenvalue weighted by Gasteiger charge is -2.13. The van der Waals surface area contributed by atoms with Crippen LogP contribution in [0.4, 0.5) is 18.9 Å². The van der Waals surface area contributed by atoms with Crippen molar-refractivity contribution in [2.75, 3.05) is 12.4 Å². The first-order valence-electron chi connectivity index (χ1n) is 8.68. The summed E-state index contributed by atoms with van der Waals surface area (Å²) >= 11 is 9.56. The summed E-state index contributed by atoms with van der Waals surface area (Å²) in [4.78, 5) is 8.65. The molecule has 0 bridgehead atoms. The van der Waals surface area contributed by atoms with Gasteiger partial charge >= 0.3 is 6.18 Å². The molecule has 1 heterocycles. The number of aryl methyl sites for hydroxylation is 3. The van der Waals surface area contributed by atoms with Crippen molar-refractivity contribution in [3.63, 3.8) is 0 Å². The van der Waals surface area contributed by atoms with Crippen LogP contribution in [0.1, 0.15) is 22.5 Å². The number of hydrogen-bond donors (Lipinski definition) is 0. The van der Waals surface area contributed by atoms with Crippen LogP contribution in [-0.4, -0.2) is 28.2 Å². The maximum Gasteiger partial charge on any atom is 0.418 e. The first kappa shape index (κ1) is 21.6. The van der Waals surface area contributed by atoms with Gasteiger partial charge in [-0.05, 0) is 49.2 Å². The molecule has 0 saturated heterocycles. The fourth-order valence-corrected chi connectivity index (χ4v) is 3.83. The highest BCUT2D eigenvalue weighted by molar-refractivity contribution is 9.09. The Bertz CT molecular complexity index is 1090. The molecule has 3 rings (SSSR count). The molecule has 0 N–H and O–H groups in total. The van der Waals surface area contributed by atoms with E-state index in [-0.39, 0.29) is 11.2 Å². The average molecular weight is 489 g/mol. The molecule has 0 atom stereocenters. The first-order chi connectivity index (χ1) is 13.7. The van der Waals surface area contributed by atoms with Gasteiger partial charge in [0.1, 0.15) is 17.3 Å². The maximum atomic E-state index is 13.5. The average Bonchev–Trinajstić information content (AvgIpc) is 2.95. The zero-order valence-electron chi connectivity index (χ0n) is 15.9. The minimum Gasteiger partial charge on any atom is -0.496 e. The van der Waals surface area contributed by atoms with Gasteiger partial charge in [0.2, 0.25) is 0 Å². The van der Waals surface area contributed by atoms with Gasteiger partial charge in [-0.25, -0.2) is 4.98 Å². The Morgan fingerprint density at radius 3 is 2.59 bits per heavy atom. The van der Waals surface area contributed by atoms with E-state index in [0.29, 0.717) is 34.5 Å². The van der Waals surface area contributed by atoms with Gasteiger partial charge in [-0.15, -0.1) is 0 Å². The van der Waals surface area contributed by atoms with E-state index in [0.717, 1.165) is 11.6 Å². The fraction of sp³-hybridized carbons (Fsp3) is 0.300. The van der Waals surface area contributed by atoms with E-state index in [4.69, 9.17) is 16.3 Å². The molecule has 0 amide bonds. The molecule has 0 spiro atoms. The van der Waals surface area contributed by atoms with Crippen molar-refractivity contribution in [2.45, 2.75) is 26.6 Å². The highest BCUT2D eigenvalue weighted by Gasteiger charge is 2.36. The topological polar surface area (TPSA) is 39.4 Å². The number of hydrogen-bond acceptors (Lipinski definition) is 3. The number of nitrogens with zero attached hydrogens (tertiary/aromatic N) is 3. The number of aromatic nitrogens is 2. The normalized spacial score (nSPS) is 12.3. The van der Waals surface area contributed by atoms with Crippen LogP contribution in [0, 0.1) is 13.8 Å². The van der Waals surface area contributed by atoms with Crippen LogP contribution in [0.15, 0.2) is 29.3 Å². The lowest BCUT2D eigenvalue weighted by Crippen LogP contribution is -2.07. The number of ether oxygens (including phenoxy) is 1. The van der Waals surface area contributed by atoms with Gasteiger partial charge in [0.25, 0.3) is 0 Å². The third kappa shape index (κ3) is 4.28. The number of halogens is 5. The van der Waals surface area contributed by atoms with Crippen LogP contribution in [0.3, 0.4) is 0 Å². The molecule has 3 aromatic rings. The summed E-state index contributed by atoms with van der Waals surface area (Å²) < 4.78 is 47.6. The van der Waals surface area contributed by atoms with Crippen LogP contribution >= 0.6 is 27.5 Å². The Labute approximate surface area is 179 Å². The quantitative estimate of drug-likeness (QED) is 0.305. The fourth-order valence-electron chi connectivity index (χ4n) is 3.17. The summed E-state index contributed by atoms with van der Waals surface area (Å²) in [6.07, 6.45) is -3.12. The molecule has 154 valence electrons. The molecule has 0 unspecified atom stereocenters. The van der Waals surface area contributed by atoms with Crippen molar-refractivity contribution >= 4 is 50.5 Å². The third-order valence-electron chi connectivity index (χ3n) is 4.51. The number of methoxy groups -OCH3 is 1.